The molecular weight excluding hydrogens is 300 g/mol. The first-order chi connectivity index (χ1) is 11.5. The van der Waals surface area contributed by atoms with Gasteiger partial charge in [0.1, 0.15) is 5.75 Å². The molecule has 1 aromatic rings. The zero-order valence-electron chi connectivity index (χ0n) is 15.5. The Morgan fingerprint density at radius 1 is 0.792 bits per heavy atom. The van der Waals surface area contributed by atoms with E-state index >= 15 is 0 Å². The zero-order chi connectivity index (χ0) is 17.1. The van der Waals surface area contributed by atoms with E-state index in [1.165, 1.54) is 5.56 Å². The van der Waals surface area contributed by atoms with Crippen LogP contribution in [0.1, 0.15) is 16.7 Å². The number of nitrogens with zero attached hydrogens (tertiary/aromatic N) is 4. The van der Waals surface area contributed by atoms with Crippen LogP contribution in [0.15, 0.2) is 12.1 Å². The molecule has 24 heavy (non-hydrogen) atoms. The third kappa shape index (κ3) is 4.48. The molecule has 1 N–H and O–H groups in total. The van der Waals surface area contributed by atoms with Crippen LogP contribution < -0.4 is 0 Å². The number of benzene rings is 1. The third-order valence-corrected chi connectivity index (χ3v) is 5.43. The molecule has 0 aromatic heterocycles. The number of aryl methyl sites for hydroxylation is 1. The summed E-state index contributed by atoms with van der Waals surface area (Å²) >= 11 is 0. The number of phenolic OH excluding ortho intramolecular Hbond substituents is 1. The van der Waals surface area contributed by atoms with Crippen molar-refractivity contribution in [2.24, 2.45) is 0 Å². The molecule has 1 aromatic carbocycles. The lowest BCUT2D eigenvalue weighted by molar-refractivity contribution is 0.145. The fourth-order valence-corrected chi connectivity index (χ4v) is 3.66. The maximum Gasteiger partial charge on any atom is 0.122 e. The lowest BCUT2D eigenvalue weighted by Crippen LogP contribution is -2.44. The molecule has 0 spiro atoms. The van der Waals surface area contributed by atoms with Crippen molar-refractivity contribution in [3.8, 4) is 5.75 Å². The highest BCUT2D eigenvalue weighted by Crippen LogP contribution is 2.26. The van der Waals surface area contributed by atoms with Crippen molar-refractivity contribution in [1.82, 2.24) is 19.6 Å². The summed E-state index contributed by atoms with van der Waals surface area (Å²) in [4.78, 5) is 9.72. The number of rotatable bonds is 4. The summed E-state index contributed by atoms with van der Waals surface area (Å²) in [5.41, 5.74) is 3.42. The lowest BCUT2D eigenvalue weighted by Gasteiger charge is -2.33. The predicted molar refractivity (Wildman–Crippen MR) is 98.4 cm³/mol. The Kier molecular flexibility index (Phi) is 5.76. The van der Waals surface area contributed by atoms with Gasteiger partial charge >= 0.3 is 0 Å². The molecule has 0 atom stereocenters. The van der Waals surface area contributed by atoms with Gasteiger partial charge in [-0.3, -0.25) is 9.80 Å². The Bertz CT molecular complexity index is 547. The monoisotopic (exact) mass is 332 g/mol. The fourth-order valence-electron chi connectivity index (χ4n) is 3.66. The number of hydrogen-bond donors (Lipinski definition) is 1. The van der Waals surface area contributed by atoms with Crippen LogP contribution in [-0.4, -0.2) is 91.2 Å². The van der Waals surface area contributed by atoms with Gasteiger partial charge in [-0.05, 0) is 38.2 Å². The number of hydrogen-bond acceptors (Lipinski definition) is 5. The van der Waals surface area contributed by atoms with Gasteiger partial charge in [-0.15, -0.1) is 0 Å². The van der Waals surface area contributed by atoms with Gasteiger partial charge in [-0.1, -0.05) is 6.07 Å². The predicted octanol–water partition coefficient (Wildman–Crippen LogP) is 1.20. The van der Waals surface area contributed by atoms with E-state index < -0.39 is 0 Å². The van der Waals surface area contributed by atoms with Gasteiger partial charge in [0.2, 0.25) is 0 Å². The second-order valence-electron chi connectivity index (χ2n) is 7.58. The van der Waals surface area contributed by atoms with E-state index in [4.69, 9.17) is 0 Å². The summed E-state index contributed by atoms with van der Waals surface area (Å²) in [6, 6.07) is 4.38. The molecule has 134 valence electrons. The van der Waals surface area contributed by atoms with Crippen LogP contribution in [0, 0.1) is 6.92 Å². The van der Waals surface area contributed by atoms with Crippen molar-refractivity contribution in [1.29, 1.82) is 0 Å². The highest BCUT2D eigenvalue weighted by atomic mass is 16.3. The Labute approximate surface area is 146 Å². The van der Waals surface area contributed by atoms with Gasteiger partial charge in [-0.2, -0.15) is 0 Å². The summed E-state index contributed by atoms with van der Waals surface area (Å²) in [6.45, 7) is 12.8. The zero-order valence-corrected chi connectivity index (χ0v) is 15.5. The van der Waals surface area contributed by atoms with E-state index in [2.05, 4.69) is 45.8 Å². The first-order valence-electron chi connectivity index (χ1n) is 9.14. The maximum absolute atomic E-state index is 10.5. The molecule has 0 saturated carbocycles. The Morgan fingerprint density at radius 3 is 1.83 bits per heavy atom. The molecule has 2 heterocycles. The van der Waals surface area contributed by atoms with E-state index in [0.29, 0.717) is 5.75 Å². The van der Waals surface area contributed by atoms with Crippen molar-refractivity contribution in [3.63, 3.8) is 0 Å². The smallest absolute Gasteiger partial charge is 0.122 e. The molecule has 3 rings (SSSR count). The van der Waals surface area contributed by atoms with Crippen LogP contribution in [0.3, 0.4) is 0 Å². The first-order valence-corrected chi connectivity index (χ1v) is 9.14. The Hall–Kier alpha value is -1.14. The van der Waals surface area contributed by atoms with Gasteiger partial charge in [0.25, 0.3) is 0 Å². The van der Waals surface area contributed by atoms with Gasteiger partial charge < -0.3 is 14.9 Å². The van der Waals surface area contributed by atoms with E-state index in [1.54, 1.807) is 0 Å². The second-order valence-corrected chi connectivity index (χ2v) is 7.58. The molecule has 2 aliphatic heterocycles. The number of likely N-dealkylation sites (N-methyl/N-ethyl adjacent to an activating group) is 2. The fraction of sp³-hybridized carbons (Fsp3) is 0.684. The molecule has 2 aliphatic rings. The average Bonchev–Trinajstić information content (AvgIpc) is 2.56. The van der Waals surface area contributed by atoms with Crippen molar-refractivity contribution in [2.75, 3.05) is 66.5 Å². The molecule has 0 radical (unpaired) electrons. The summed E-state index contributed by atoms with van der Waals surface area (Å²) in [5, 5.41) is 10.5. The van der Waals surface area contributed by atoms with Crippen LogP contribution in [0.5, 0.6) is 5.75 Å². The van der Waals surface area contributed by atoms with Gasteiger partial charge in [0.05, 0.1) is 0 Å². The number of piperazine rings is 2. The summed E-state index contributed by atoms with van der Waals surface area (Å²) < 4.78 is 0. The minimum absolute atomic E-state index is 0.482. The standard InChI is InChI=1S/C19H32N4O/c1-16-12-17(14-22-8-4-20(2)5-9-22)13-18(19(16)24)15-23-10-6-21(3)7-11-23/h12-13,24H,4-11,14-15H2,1-3H3. The normalized spacial score (nSPS) is 22.1. The minimum Gasteiger partial charge on any atom is -0.507 e. The molecule has 5 heteroatoms. The largest absolute Gasteiger partial charge is 0.507 e. The van der Waals surface area contributed by atoms with Crippen LogP contribution in [0.2, 0.25) is 0 Å². The molecule has 2 saturated heterocycles. The Balaban J connectivity index is 1.66. The molecule has 0 amide bonds. The molecule has 0 unspecified atom stereocenters. The van der Waals surface area contributed by atoms with Crippen molar-refractivity contribution in [2.45, 2.75) is 20.0 Å². The maximum atomic E-state index is 10.5. The van der Waals surface area contributed by atoms with E-state index in [1.807, 2.05) is 6.92 Å². The van der Waals surface area contributed by atoms with Crippen LogP contribution >= 0.6 is 0 Å². The second kappa shape index (κ2) is 7.83. The molecular formula is C19H32N4O. The van der Waals surface area contributed by atoms with Crippen molar-refractivity contribution < 1.29 is 5.11 Å². The van der Waals surface area contributed by atoms with Crippen LogP contribution in [0.25, 0.3) is 0 Å². The minimum atomic E-state index is 0.482. The number of aromatic hydroxyl groups is 1. The van der Waals surface area contributed by atoms with Gasteiger partial charge in [0.15, 0.2) is 0 Å². The van der Waals surface area contributed by atoms with E-state index in [-0.39, 0.29) is 0 Å². The highest BCUT2D eigenvalue weighted by Gasteiger charge is 2.18. The Morgan fingerprint density at radius 2 is 1.29 bits per heavy atom. The van der Waals surface area contributed by atoms with Crippen LogP contribution in [0.4, 0.5) is 0 Å². The lowest BCUT2D eigenvalue weighted by atomic mass is 10.0. The van der Waals surface area contributed by atoms with Gasteiger partial charge in [-0.25, -0.2) is 0 Å². The van der Waals surface area contributed by atoms with Crippen LogP contribution in [-0.2, 0) is 13.1 Å². The summed E-state index contributed by atoms with van der Waals surface area (Å²) in [7, 11) is 4.37. The van der Waals surface area contributed by atoms with Crippen molar-refractivity contribution in [3.05, 3.63) is 28.8 Å². The SMILES string of the molecule is Cc1cc(CN2CCN(C)CC2)cc(CN2CCN(C)CC2)c1O. The molecule has 5 nitrogen and oxygen atoms in total. The third-order valence-electron chi connectivity index (χ3n) is 5.43. The molecule has 0 bridgehead atoms. The number of phenols is 1. The summed E-state index contributed by atoms with van der Waals surface area (Å²) in [5.74, 6) is 0.482. The molecule has 0 aliphatic carbocycles. The topological polar surface area (TPSA) is 33.2 Å². The highest BCUT2D eigenvalue weighted by molar-refractivity contribution is 5.43. The van der Waals surface area contributed by atoms with Crippen molar-refractivity contribution >= 4 is 0 Å². The van der Waals surface area contributed by atoms with E-state index in [0.717, 1.165) is 76.6 Å². The molecule has 2 fully saturated rings. The summed E-state index contributed by atoms with van der Waals surface area (Å²) in [6.07, 6.45) is 0. The average molecular weight is 332 g/mol. The van der Waals surface area contributed by atoms with E-state index in [9.17, 15) is 5.11 Å². The first kappa shape index (κ1) is 17.7. The van der Waals surface area contributed by atoms with Gasteiger partial charge in [0, 0.05) is 71.0 Å². The quantitative estimate of drug-likeness (QED) is 0.896.